The number of nitrogens with zero attached hydrogens (tertiary/aromatic N) is 4. The van der Waals surface area contributed by atoms with E-state index in [2.05, 4.69) is 28.8 Å². The third-order valence-electron chi connectivity index (χ3n) is 5.07. The Balaban J connectivity index is 1.79. The van der Waals surface area contributed by atoms with Gasteiger partial charge in [-0.2, -0.15) is 10.1 Å². The number of aromatic amines is 1. The summed E-state index contributed by atoms with van der Waals surface area (Å²) in [7, 11) is 0. The second-order valence-corrected chi connectivity index (χ2v) is 7.49. The zero-order valence-corrected chi connectivity index (χ0v) is 15.4. The molecule has 1 N–H and O–H groups in total. The van der Waals surface area contributed by atoms with Gasteiger partial charge >= 0.3 is 0 Å². The number of aromatic nitrogens is 4. The van der Waals surface area contributed by atoms with Gasteiger partial charge in [-0.3, -0.25) is 9.78 Å². The van der Waals surface area contributed by atoms with Crippen molar-refractivity contribution in [3.63, 3.8) is 0 Å². The molecule has 1 atom stereocenters. The van der Waals surface area contributed by atoms with E-state index in [-0.39, 0.29) is 5.56 Å². The predicted octanol–water partition coefficient (Wildman–Crippen LogP) is 3.51. The van der Waals surface area contributed by atoms with Gasteiger partial charge < -0.3 is 4.90 Å². The van der Waals surface area contributed by atoms with Gasteiger partial charge in [0.15, 0.2) is 5.65 Å². The second kappa shape index (κ2) is 6.94. The Bertz CT molecular complexity index is 944. The molecule has 0 bridgehead atoms. The maximum absolute atomic E-state index is 12.6. The fourth-order valence-electron chi connectivity index (χ4n) is 3.87. The number of anilines is 1. The van der Waals surface area contributed by atoms with E-state index in [4.69, 9.17) is 4.98 Å². The smallest absolute Gasteiger partial charge is 0.263 e. The van der Waals surface area contributed by atoms with Gasteiger partial charge in [-0.05, 0) is 43.7 Å². The molecule has 1 aromatic carbocycles. The molecule has 1 aliphatic rings. The van der Waals surface area contributed by atoms with Gasteiger partial charge in [0.05, 0.1) is 11.9 Å². The van der Waals surface area contributed by atoms with E-state index in [1.165, 1.54) is 6.42 Å². The van der Waals surface area contributed by atoms with Gasteiger partial charge in [-0.25, -0.2) is 4.68 Å². The molecule has 0 spiro atoms. The lowest BCUT2D eigenvalue weighted by atomic mass is 9.94. The van der Waals surface area contributed by atoms with E-state index in [9.17, 15) is 4.79 Å². The van der Waals surface area contributed by atoms with Crippen LogP contribution in [0.15, 0.2) is 41.3 Å². The van der Waals surface area contributed by atoms with E-state index >= 15 is 0 Å². The summed E-state index contributed by atoms with van der Waals surface area (Å²) in [6.07, 6.45) is 6.23. The molecule has 6 nitrogen and oxygen atoms in total. The predicted molar refractivity (Wildman–Crippen MR) is 104 cm³/mol. The molecule has 1 fully saturated rings. The highest BCUT2D eigenvalue weighted by atomic mass is 16.1. The Morgan fingerprint density at radius 2 is 2.04 bits per heavy atom. The van der Waals surface area contributed by atoms with Crippen LogP contribution in [0.3, 0.4) is 0 Å². The first-order valence-corrected chi connectivity index (χ1v) is 9.43. The van der Waals surface area contributed by atoms with Crippen LogP contribution >= 0.6 is 0 Å². The quantitative estimate of drug-likeness (QED) is 0.781. The van der Waals surface area contributed by atoms with Gasteiger partial charge in [0.1, 0.15) is 5.39 Å². The van der Waals surface area contributed by atoms with E-state index in [1.807, 2.05) is 30.3 Å². The zero-order valence-electron chi connectivity index (χ0n) is 15.4. The SMILES string of the molecule is CC(C)C[C@@H]1CCCCN1c1nc2c(cnn2-c2ccccc2)c(=O)[nH]1. The van der Waals surface area contributed by atoms with Crippen molar-refractivity contribution in [2.75, 3.05) is 11.4 Å². The number of hydrogen-bond acceptors (Lipinski definition) is 4. The summed E-state index contributed by atoms with van der Waals surface area (Å²) in [6, 6.07) is 10.2. The van der Waals surface area contributed by atoms with Crippen molar-refractivity contribution in [2.24, 2.45) is 5.92 Å². The summed E-state index contributed by atoms with van der Waals surface area (Å²) < 4.78 is 1.75. The highest BCUT2D eigenvalue weighted by Gasteiger charge is 2.26. The number of rotatable bonds is 4. The molecule has 0 unspecified atom stereocenters. The Labute approximate surface area is 152 Å². The highest BCUT2D eigenvalue weighted by molar-refractivity contribution is 5.76. The lowest BCUT2D eigenvalue weighted by Gasteiger charge is -2.37. The minimum Gasteiger partial charge on any atom is -0.339 e. The number of H-pyrrole nitrogens is 1. The minimum absolute atomic E-state index is 0.124. The van der Waals surface area contributed by atoms with Crippen LogP contribution in [0.25, 0.3) is 16.7 Å². The van der Waals surface area contributed by atoms with Crippen LogP contribution in [0.1, 0.15) is 39.5 Å². The fraction of sp³-hybridized carbons (Fsp3) is 0.450. The average Bonchev–Trinajstić information content (AvgIpc) is 3.07. The number of piperidine rings is 1. The molecule has 0 radical (unpaired) electrons. The molecule has 0 aliphatic carbocycles. The minimum atomic E-state index is -0.124. The molecule has 1 saturated heterocycles. The van der Waals surface area contributed by atoms with Crippen LogP contribution < -0.4 is 10.5 Å². The lowest BCUT2D eigenvalue weighted by molar-refractivity contribution is 0.389. The lowest BCUT2D eigenvalue weighted by Crippen LogP contribution is -2.42. The Kier molecular flexibility index (Phi) is 4.49. The standard InChI is InChI=1S/C20H25N5O/c1-14(2)12-16-10-6-7-11-24(16)20-22-18-17(19(26)23-20)13-21-25(18)15-8-4-3-5-9-15/h3-5,8-9,13-14,16H,6-7,10-12H2,1-2H3,(H,22,23,26)/t16-/m0/s1. The number of para-hydroxylation sites is 1. The van der Waals surface area contributed by atoms with Gasteiger partial charge in [-0.1, -0.05) is 32.0 Å². The van der Waals surface area contributed by atoms with Crippen LogP contribution in [0.4, 0.5) is 5.95 Å². The Morgan fingerprint density at radius 3 is 2.81 bits per heavy atom. The molecule has 1 aliphatic heterocycles. The van der Waals surface area contributed by atoms with Crippen LogP contribution in [0.5, 0.6) is 0 Å². The van der Waals surface area contributed by atoms with Gasteiger partial charge in [0.2, 0.25) is 5.95 Å². The average molecular weight is 351 g/mol. The van der Waals surface area contributed by atoms with E-state index in [0.717, 1.165) is 31.5 Å². The molecule has 0 saturated carbocycles. The Morgan fingerprint density at radius 1 is 1.23 bits per heavy atom. The zero-order chi connectivity index (χ0) is 18.1. The van der Waals surface area contributed by atoms with Crippen LogP contribution in [0.2, 0.25) is 0 Å². The first-order valence-electron chi connectivity index (χ1n) is 9.43. The molecular weight excluding hydrogens is 326 g/mol. The number of hydrogen-bond donors (Lipinski definition) is 1. The van der Waals surface area contributed by atoms with Crippen LogP contribution in [-0.2, 0) is 0 Å². The molecule has 3 heterocycles. The van der Waals surface area contributed by atoms with Crippen LogP contribution in [-0.4, -0.2) is 32.3 Å². The van der Waals surface area contributed by atoms with Crippen molar-refractivity contribution in [1.29, 1.82) is 0 Å². The van der Waals surface area contributed by atoms with E-state index < -0.39 is 0 Å². The molecule has 4 rings (SSSR count). The summed E-state index contributed by atoms with van der Waals surface area (Å²) in [5.41, 5.74) is 1.40. The molecule has 2 aromatic heterocycles. The molecule has 6 heteroatoms. The second-order valence-electron chi connectivity index (χ2n) is 7.49. The molecule has 3 aromatic rings. The summed E-state index contributed by atoms with van der Waals surface area (Å²) in [5, 5.41) is 4.92. The molecule has 26 heavy (non-hydrogen) atoms. The summed E-state index contributed by atoms with van der Waals surface area (Å²) in [6.45, 7) is 5.43. The topological polar surface area (TPSA) is 66.8 Å². The van der Waals surface area contributed by atoms with Gasteiger partial charge in [-0.15, -0.1) is 0 Å². The highest BCUT2D eigenvalue weighted by Crippen LogP contribution is 2.26. The van der Waals surface area contributed by atoms with Gasteiger partial charge in [0.25, 0.3) is 5.56 Å². The van der Waals surface area contributed by atoms with Gasteiger partial charge in [0, 0.05) is 12.6 Å². The van der Waals surface area contributed by atoms with E-state index in [1.54, 1.807) is 10.9 Å². The Hall–Kier alpha value is -2.63. The number of nitrogens with one attached hydrogen (secondary N) is 1. The first kappa shape index (κ1) is 16.8. The van der Waals surface area contributed by atoms with Crippen molar-refractivity contribution in [3.8, 4) is 5.69 Å². The third-order valence-corrected chi connectivity index (χ3v) is 5.07. The maximum Gasteiger partial charge on any atom is 0.263 e. The molecule has 0 amide bonds. The third kappa shape index (κ3) is 3.11. The molecule has 136 valence electrons. The maximum atomic E-state index is 12.6. The monoisotopic (exact) mass is 351 g/mol. The van der Waals surface area contributed by atoms with Crippen molar-refractivity contribution in [1.82, 2.24) is 19.7 Å². The normalized spacial score (nSPS) is 18.0. The number of benzene rings is 1. The number of fused-ring (bicyclic) bond motifs is 1. The largest absolute Gasteiger partial charge is 0.339 e. The summed E-state index contributed by atoms with van der Waals surface area (Å²) in [4.78, 5) is 22.7. The van der Waals surface area contributed by atoms with Crippen LogP contribution in [0, 0.1) is 5.92 Å². The van der Waals surface area contributed by atoms with Crippen molar-refractivity contribution < 1.29 is 0 Å². The first-order chi connectivity index (χ1) is 12.6. The summed E-state index contributed by atoms with van der Waals surface area (Å²) >= 11 is 0. The van der Waals surface area contributed by atoms with Crippen molar-refractivity contribution >= 4 is 17.0 Å². The molecular formula is C20H25N5O. The fourth-order valence-corrected chi connectivity index (χ4v) is 3.87. The van der Waals surface area contributed by atoms with Crippen molar-refractivity contribution in [3.05, 3.63) is 46.9 Å². The summed E-state index contributed by atoms with van der Waals surface area (Å²) in [5.74, 6) is 1.29. The van der Waals surface area contributed by atoms with E-state index in [0.29, 0.717) is 28.9 Å². The van der Waals surface area contributed by atoms with Crippen molar-refractivity contribution in [2.45, 2.75) is 45.6 Å².